The lowest BCUT2D eigenvalue weighted by Gasteiger charge is -2.45. The van der Waals surface area contributed by atoms with E-state index in [1.165, 1.54) is 28.4 Å². The third-order valence-corrected chi connectivity index (χ3v) is 6.71. The zero-order valence-electron chi connectivity index (χ0n) is 22.1. The van der Waals surface area contributed by atoms with Gasteiger partial charge >= 0.3 is 23.9 Å². The van der Waals surface area contributed by atoms with Crippen LogP contribution in [0.15, 0.2) is 0 Å². The normalized spacial score (nSPS) is 18.9. The van der Waals surface area contributed by atoms with Gasteiger partial charge in [0, 0.05) is 24.7 Å². The Morgan fingerprint density at radius 2 is 1.09 bits per heavy atom. The summed E-state index contributed by atoms with van der Waals surface area (Å²) in [6.07, 6.45) is 4.20. The van der Waals surface area contributed by atoms with Crippen LogP contribution in [0, 0.1) is 0 Å². The van der Waals surface area contributed by atoms with Crippen molar-refractivity contribution >= 4 is 23.9 Å². The standard InChI is InChI=1S/C24H43N3O8/c1-7-18(25(8-2)14-21(28)32-3)13-26(15-22(29)33-4)19-11-9-10-12-20(19)27(16-23(30)34-5)17-24(31)35-6/h18-20H,7-17H2,1-6H3/t18-,19+,20+/m1/s1. The molecule has 1 rings (SSSR count). The number of hydrogen-bond donors (Lipinski definition) is 0. The van der Waals surface area contributed by atoms with Gasteiger partial charge in [0.2, 0.25) is 0 Å². The van der Waals surface area contributed by atoms with Crippen LogP contribution < -0.4 is 0 Å². The van der Waals surface area contributed by atoms with Gasteiger partial charge < -0.3 is 18.9 Å². The maximum absolute atomic E-state index is 12.4. The largest absolute Gasteiger partial charge is 0.468 e. The average molecular weight is 502 g/mol. The van der Waals surface area contributed by atoms with Crippen LogP contribution in [0.5, 0.6) is 0 Å². The fraction of sp³-hybridized carbons (Fsp3) is 0.833. The summed E-state index contributed by atoms with van der Waals surface area (Å²) in [7, 11) is 5.34. The minimum absolute atomic E-state index is 0.0130. The molecule has 11 nitrogen and oxygen atoms in total. The van der Waals surface area contributed by atoms with E-state index in [0.717, 1.165) is 32.1 Å². The van der Waals surface area contributed by atoms with E-state index < -0.39 is 11.9 Å². The Morgan fingerprint density at radius 1 is 0.686 bits per heavy atom. The minimum Gasteiger partial charge on any atom is -0.468 e. The number of rotatable bonds is 15. The smallest absolute Gasteiger partial charge is 0.319 e. The molecular weight excluding hydrogens is 458 g/mol. The van der Waals surface area contributed by atoms with Crippen LogP contribution in [-0.4, -0.2) is 124 Å². The lowest BCUT2D eigenvalue weighted by atomic mass is 9.87. The number of esters is 4. The summed E-state index contributed by atoms with van der Waals surface area (Å²) in [5.41, 5.74) is 0. The van der Waals surface area contributed by atoms with Crippen molar-refractivity contribution in [3.05, 3.63) is 0 Å². The van der Waals surface area contributed by atoms with Gasteiger partial charge in [-0.15, -0.1) is 0 Å². The molecule has 11 heteroatoms. The predicted molar refractivity (Wildman–Crippen MR) is 129 cm³/mol. The summed E-state index contributed by atoms with van der Waals surface area (Å²) in [6.45, 7) is 5.29. The first kappa shape index (κ1) is 30.8. The molecule has 0 spiro atoms. The SMILES string of the molecule is CC[C@H](CN(CC(=O)OC)[C@H]1CCCC[C@@H]1N(CC(=O)OC)CC(=O)OC)N(CC)CC(=O)OC. The number of carbonyl (C=O) groups excluding carboxylic acids is 4. The van der Waals surface area contributed by atoms with Gasteiger partial charge in [0.05, 0.1) is 54.6 Å². The highest BCUT2D eigenvalue weighted by atomic mass is 16.5. The van der Waals surface area contributed by atoms with E-state index in [0.29, 0.717) is 13.1 Å². The van der Waals surface area contributed by atoms with Gasteiger partial charge in [-0.25, -0.2) is 0 Å². The van der Waals surface area contributed by atoms with Crippen molar-refractivity contribution in [2.75, 3.05) is 67.7 Å². The van der Waals surface area contributed by atoms with Gasteiger partial charge in [0.15, 0.2) is 0 Å². The molecule has 0 bridgehead atoms. The highest BCUT2D eigenvalue weighted by molar-refractivity contribution is 5.75. The van der Waals surface area contributed by atoms with Crippen LogP contribution in [-0.2, 0) is 38.1 Å². The van der Waals surface area contributed by atoms with Crippen LogP contribution in [0.4, 0.5) is 0 Å². The van der Waals surface area contributed by atoms with Crippen LogP contribution in [0.2, 0.25) is 0 Å². The number of nitrogens with zero attached hydrogens (tertiary/aromatic N) is 3. The Hall–Kier alpha value is -2.24. The van der Waals surface area contributed by atoms with Crippen molar-refractivity contribution < 1.29 is 38.1 Å². The van der Waals surface area contributed by atoms with E-state index in [1.54, 1.807) is 4.90 Å². The molecule has 0 heterocycles. The second-order valence-electron chi connectivity index (χ2n) is 8.68. The Labute approximate surface area is 209 Å². The summed E-state index contributed by atoms with van der Waals surface area (Å²) in [5, 5.41) is 0. The first-order chi connectivity index (χ1) is 16.7. The molecule has 0 amide bonds. The van der Waals surface area contributed by atoms with Crippen LogP contribution >= 0.6 is 0 Å². The zero-order valence-corrected chi connectivity index (χ0v) is 22.1. The van der Waals surface area contributed by atoms with E-state index in [4.69, 9.17) is 18.9 Å². The summed E-state index contributed by atoms with van der Waals surface area (Å²) in [6, 6.07) is -0.288. The number of ether oxygens (including phenoxy) is 4. The number of carbonyl (C=O) groups is 4. The van der Waals surface area contributed by atoms with Gasteiger partial charge in [-0.3, -0.25) is 33.9 Å². The molecule has 1 aliphatic carbocycles. The molecule has 0 unspecified atom stereocenters. The van der Waals surface area contributed by atoms with Gasteiger partial charge in [-0.2, -0.15) is 0 Å². The summed E-state index contributed by atoms with van der Waals surface area (Å²) in [4.78, 5) is 54.6. The van der Waals surface area contributed by atoms with Crippen molar-refractivity contribution in [1.82, 2.24) is 14.7 Å². The lowest BCUT2D eigenvalue weighted by molar-refractivity contribution is -0.150. The average Bonchev–Trinajstić information content (AvgIpc) is 2.88. The number of likely N-dealkylation sites (N-methyl/N-ethyl adjacent to an activating group) is 1. The second kappa shape index (κ2) is 16.4. The molecule has 3 atom stereocenters. The molecule has 0 N–H and O–H groups in total. The van der Waals surface area contributed by atoms with Gasteiger partial charge in [-0.05, 0) is 25.8 Å². The number of methoxy groups -OCH3 is 4. The molecule has 35 heavy (non-hydrogen) atoms. The Kier molecular flexibility index (Phi) is 14.5. The van der Waals surface area contributed by atoms with E-state index in [2.05, 4.69) is 4.90 Å². The molecule has 0 aliphatic heterocycles. The predicted octanol–water partition coefficient (Wildman–Crippen LogP) is 0.694. The summed E-state index contributed by atoms with van der Waals surface area (Å²) in [5.74, 6) is -1.57. The molecule has 0 saturated heterocycles. The fourth-order valence-corrected chi connectivity index (χ4v) is 4.75. The van der Waals surface area contributed by atoms with Crippen LogP contribution in [0.1, 0.15) is 46.0 Å². The molecule has 0 aromatic carbocycles. The first-order valence-electron chi connectivity index (χ1n) is 12.2. The Balaban J connectivity index is 3.28. The quantitative estimate of drug-likeness (QED) is 0.233. The third-order valence-electron chi connectivity index (χ3n) is 6.71. The molecule has 0 aromatic heterocycles. The summed E-state index contributed by atoms with van der Waals surface area (Å²) < 4.78 is 19.6. The van der Waals surface area contributed by atoms with Crippen LogP contribution in [0.25, 0.3) is 0 Å². The molecule has 1 saturated carbocycles. The maximum atomic E-state index is 12.4. The van der Waals surface area contributed by atoms with Crippen molar-refractivity contribution in [2.45, 2.75) is 64.1 Å². The molecule has 0 radical (unpaired) electrons. The van der Waals surface area contributed by atoms with Crippen LogP contribution in [0.3, 0.4) is 0 Å². The van der Waals surface area contributed by atoms with Gasteiger partial charge in [0.1, 0.15) is 0 Å². The van der Waals surface area contributed by atoms with Crippen molar-refractivity contribution in [1.29, 1.82) is 0 Å². The monoisotopic (exact) mass is 501 g/mol. The first-order valence-corrected chi connectivity index (χ1v) is 12.2. The van der Waals surface area contributed by atoms with Crippen molar-refractivity contribution in [3.8, 4) is 0 Å². The topological polar surface area (TPSA) is 115 Å². The summed E-state index contributed by atoms with van der Waals surface area (Å²) >= 11 is 0. The minimum atomic E-state index is -0.445. The fourth-order valence-electron chi connectivity index (χ4n) is 4.75. The van der Waals surface area contributed by atoms with Gasteiger partial charge in [0.25, 0.3) is 0 Å². The van der Waals surface area contributed by atoms with E-state index in [-0.39, 0.29) is 56.2 Å². The molecule has 0 aromatic rings. The Morgan fingerprint density at radius 3 is 1.49 bits per heavy atom. The lowest BCUT2D eigenvalue weighted by Crippen LogP contribution is -2.59. The molecule has 1 aliphatic rings. The maximum Gasteiger partial charge on any atom is 0.319 e. The molecular formula is C24H43N3O8. The van der Waals surface area contributed by atoms with Crippen molar-refractivity contribution in [3.63, 3.8) is 0 Å². The third kappa shape index (κ3) is 10.1. The molecule has 202 valence electrons. The van der Waals surface area contributed by atoms with Gasteiger partial charge in [-0.1, -0.05) is 26.7 Å². The van der Waals surface area contributed by atoms with E-state index in [1.807, 2.05) is 18.7 Å². The van der Waals surface area contributed by atoms with Crippen molar-refractivity contribution in [2.24, 2.45) is 0 Å². The highest BCUT2D eigenvalue weighted by Gasteiger charge is 2.38. The second-order valence-corrected chi connectivity index (χ2v) is 8.68. The highest BCUT2D eigenvalue weighted by Crippen LogP contribution is 2.28. The van der Waals surface area contributed by atoms with E-state index >= 15 is 0 Å². The van der Waals surface area contributed by atoms with E-state index in [9.17, 15) is 19.2 Å². The number of hydrogen-bond acceptors (Lipinski definition) is 11. The Bertz CT molecular complexity index is 672. The molecule has 1 fully saturated rings. The zero-order chi connectivity index (χ0) is 26.4.